The lowest BCUT2D eigenvalue weighted by Gasteiger charge is -2.18. The third kappa shape index (κ3) is 2.72. The highest BCUT2D eigenvalue weighted by atomic mass is 32.2. The van der Waals surface area contributed by atoms with Gasteiger partial charge in [0.2, 0.25) is 5.95 Å². The first-order valence-corrected chi connectivity index (χ1v) is 9.92. The van der Waals surface area contributed by atoms with E-state index in [9.17, 15) is 4.79 Å². The number of nitrogens with zero attached hydrogens (tertiary/aromatic N) is 5. The summed E-state index contributed by atoms with van der Waals surface area (Å²) in [6.45, 7) is 8.12. The number of anilines is 1. The van der Waals surface area contributed by atoms with Crippen LogP contribution in [0.2, 0.25) is 0 Å². The quantitative estimate of drug-likeness (QED) is 0.670. The number of nitrogen functional groups attached to an aromatic ring is 1. The maximum absolute atomic E-state index is 12.7. The zero-order valence-corrected chi connectivity index (χ0v) is 17.3. The van der Waals surface area contributed by atoms with Crippen molar-refractivity contribution >= 4 is 34.5 Å². The van der Waals surface area contributed by atoms with Gasteiger partial charge in [-0.2, -0.15) is 10.1 Å². The van der Waals surface area contributed by atoms with Crippen molar-refractivity contribution in [3.8, 4) is 5.75 Å². The molecule has 0 atom stereocenters. The zero-order valence-electron chi connectivity index (χ0n) is 16.5. The molecule has 1 aliphatic heterocycles. The van der Waals surface area contributed by atoms with Crippen LogP contribution in [0, 0.1) is 13.8 Å². The number of hydrogen-bond donors (Lipinski definition) is 1. The van der Waals surface area contributed by atoms with Gasteiger partial charge < -0.3 is 10.5 Å². The van der Waals surface area contributed by atoms with Gasteiger partial charge in [-0.1, -0.05) is 11.8 Å². The molecule has 3 aromatic heterocycles. The number of ether oxygens (including phenoxy) is 1. The predicted octanol–water partition coefficient (Wildman–Crippen LogP) is 2.43. The van der Waals surface area contributed by atoms with Crippen LogP contribution in [-0.2, 0) is 16.8 Å². The number of aryl methyl sites for hydroxylation is 1. The van der Waals surface area contributed by atoms with Gasteiger partial charge in [-0.25, -0.2) is 9.67 Å². The lowest BCUT2D eigenvalue weighted by molar-refractivity contribution is -0.120. The van der Waals surface area contributed by atoms with E-state index in [2.05, 4.69) is 15.0 Å². The Kier molecular flexibility index (Phi) is 4.29. The summed E-state index contributed by atoms with van der Waals surface area (Å²) in [5, 5.41) is 6.28. The van der Waals surface area contributed by atoms with E-state index in [1.54, 1.807) is 18.0 Å². The van der Waals surface area contributed by atoms with Crippen LogP contribution in [0.4, 0.5) is 5.95 Å². The summed E-state index contributed by atoms with van der Waals surface area (Å²) in [5.74, 6) is 1.42. The van der Waals surface area contributed by atoms with Crippen molar-refractivity contribution in [3.05, 3.63) is 28.7 Å². The van der Waals surface area contributed by atoms with Gasteiger partial charge in [0.15, 0.2) is 11.4 Å². The van der Waals surface area contributed by atoms with Crippen LogP contribution in [0.15, 0.2) is 11.2 Å². The molecule has 0 radical (unpaired) electrons. The molecular weight excluding hydrogens is 376 g/mol. The number of carbonyl (C=O) groups is 1. The third-order valence-electron chi connectivity index (χ3n) is 5.25. The van der Waals surface area contributed by atoms with Crippen LogP contribution in [0.1, 0.15) is 36.4 Å². The van der Waals surface area contributed by atoms with Crippen LogP contribution in [-0.4, -0.2) is 43.4 Å². The lowest BCUT2D eigenvalue weighted by Crippen LogP contribution is -2.30. The fourth-order valence-electron chi connectivity index (χ4n) is 3.53. The molecule has 0 aromatic carbocycles. The molecule has 0 saturated heterocycles. The molecule has 0 spiro atoms. The van der Waals surface area contributed by atoms with Crippen LogP contribution in [0.5, 0.6) is 5.75 Å². The number of aromatic nitrogens is 5. The molecule has 8 nitrogen and oxygen atoms in total. The van der Waals surface area contributed by atoms with Crippen molar-refractivity contribution < 1.29 is 9.53 Å². The molecule has 9 heteroatoms. The van der Waals surface area contributed by atoms with E-state index in [1.807, 2.05) is 27.7 Å². The van der Waals surface area contributed by atoms with Crippen LogP contribution >= 0.6 is 11.8 Å². The van der Waals surface area contributed by atoms with E-state index < -0.39 is 5.41 Å². The summed E-state index contributed by atoms with van der Waals surface area (Å²) in [6.07, 6.45) is 1.79. The number of pyridine rings is 1. The first-order chi connectivity index (χ1) is 13.2. The Morgan fingerprint density at radius 1 is 1.32 bits per heavy atom. The van der Waals surface area contributed by atoms with Crippen molar-refractivity contribution in [3.63, 3.8) is 0 Å². The Morgan fingerprint density at radius 2 is 2.07 bits per heavy atom. The van der Waals surface area contributed by atoms with Gasteiger partial charge in [0.25, 0.3) is 0 Å². The zero-order chi connectivity index (χ0) is 20.2. The minimum absolute atomic E-state index is 0.104. The molecule has 0 unspecified atom stereocenters. The summed E-state index contributed by atoms with van der Waals surface area (Å²) in [4.78, 5) is 26.1. The standard InChI is InChI=1S/C19H22N6O2S/c1-9-6-21-11(10(2)14(9)27-5)7-25-16-13-15(24-25)19(3,4)12(26)8-28-17(13)23-18(20)22-16/h6H,7-8H2,1-5H3,(H2,20,22,23). The molecule has 0 fully saturated rings. The minimum Gasteiger partial charge on any atom is -0.496 e. The van der Waals surface area contributed by atoms with Gasteiger partial charge in [-0.3, -0.25) is 9.78 Å². The van der Waals surface area contributed by atoms with Crippen molar-refractivity contribution in [1.29, 1.82) is 0 Å². The van der Waals surface area contributed by atoms with E-state index in [0.29, 0.717) is 28.7 Å². The number of Topliss-reactive ketones (excluding diaryl/α,β-unsaturated/α-hetero) is 1. The van der Waals surface area contributed by atoms with Gasteiger partial charge in [-0.05, 0) is 27.7 Å². The summed E-state index contributed by atoms with van der Waals surface area (Å²) in [5.41, 5.74) is 9.27. The van der Waals surface area contributed by atoms with Crippen molar-refractivity contribution in [2.45, 2.75) is 44.7 Å². The van der Waals surface area contributed by atoms with Crippen LogP contribution in [0.3, 0.4) is 0 Å². The smallest absolute Gasteiger partial charge is 0.223 e. The molecule has 2 N–H and O–H groups in total. The average Bonchev–Trinajstić information content (AvgIpc) is 2.97. The van der Waals surface area contributed by atoms with Crippen LogP contribution < -0.4 is 10.5 Å². The molecule has 28 heavy (non-hydrogen) atoms. The number of carbonyl (C=O) groups excluding carboxylic acids is 1. The van der Waals surface area contributed by atoms with Crippen LogP contribution in [0.25, 0.3) is 11.0 Å². The SMILES string of the molecule is COc1c(C)cnc(Cn2nc3c4c(nc(N)nc42)SCC(=O)C3(C)C)c1C. The topological polar surface area (TPSA) is 109 Å². The fraction of sp³-hybridized carbons (Fsp3) is 0.421. The Morgan fingerprint density at radius 3 is 2.79 bits per heavy atom. The van der Waals surface area contributed by atoms with E-state index in [4.69, 9.17) is 15.6 Å². The highest BCUT2D eigenvalue weighted by Gasteiger charge is 2.39. The summed E-state index contributed by atoms with van der Waals surface area (Å²) >= 11 is 1.39. The van der Waals surface area contributed by atoms with Crippen molar-refractivity contribution in [2.24, 2.45) is 0 Å². The first kappa shape index (κ1) is 18.7. The lowest BCUT2D eigenvalue weighted by atomic mass is 9.84. The Balaban J connectivity index is 1.93. The van der Waals surface area contributed by atoms with Gasteiger partial charge in [0, 0.05) is 17.3 Å². The number of methoxy groups -OCH3 is 1. The second-order valence-corrected chi connectivity index (χ2v) is 8.44. The highest BCUT2D eigenvalue weighted by molar-refractivity contribution is 8.00. The van der Waals surface area contributed by atoms with E-state index in [-0.39, 0.29) is 11.7 Å². The predicted molar refractivity (Wildman–Crippen MR) is 108 cm³/mol. The second kappa shape index (κ2) is 6.44. The van der Waals surface area contributed by atoms with E-state index in [0.717, 1.165) is 28.0 Å². The normalized spacial score (nSPS) is 15.7. The molecule has 0 bridgehead atoms. The molecule has 3 aromatic rings. The highest BCUT2D eigenvalue weighted by Crippen LogP contribution is 2.40. The average molecular weight is 398 g/mol. The fourth-order valence-corrected chi connectivity index (χ4v) is 4.65. The van der Waals surface area contributed by atoms with Crippen molar-refractivity contribution in [1.82, 2.24) is 24.7 Å². The molecule has 146 valence electrons. The Labute approximate surface area is 166 Å². The Hall–Kier alpha value is -2.68. The summed E-state index contributed by atoms with van der Waals surface area (Å²) < 4.78 is 7.28. The number of nitrogens with two attached hydrogens (primary N) is 1. The number of ketones is 1. The number of thioether (sulfide) groups is 1. The summed E-state index contributed by atoms with van der Waals surface area (Å²) in [7, 11) is 1.65. The first-order valence-electron chi connectivity index (χ1n) is 8.93. The molecule has 0 amide bonds. The molecule has 4 heterocycles. The minimum atomic E-state index is -0.728. The molecule has 1 aliphatic rings. The van der Waals surface area contributed by atoms with Gasteiger partial charge in [-0.15, -0.1) is 0 Å². The molecule has 0 saturated carbocycles. The number of hydrogen-bond acceptors (Lipinski definition) is 8. The van der Waals surface area contributed by atoms with E-state index >= 15 is 0 Å². The molecule has 4 rings (SSSR count). The third-order valence-corrected chi connectivity index (χ3v) is 6.23. The molecular formula is C19H22N6O2S. The maximum atomic E-state index is 12.7. The molecule has 0 aliphatic carbocycles. The Bertz CT molecular complexity index is 1120. The van der Waals surface area contributed by atoms with Crippen molar-refractivity contribution in [2.75, 3.05) is 18.6 Å². The van der Waals surface area contributed by atoms with Gasteiger partial charge >= 0.3 is 0 Å². The monoisotopic (exact) mass is 398 g/mol. The second-order valence-electron chi connectivity index (χ2n) is 7.47. The number of rotatable bonds is 3. The maximum Gasteiger partial charge on any atom is 0.223 e. The van der Waals surface area contributed by atoms with Gasteiger partial charge in [0.05, 0.1) is 41.6 Å². The summed E-state index contributed by atoms with van der Waals surface area (Å²) in [6, 6.07) is 0. The van der Waals surface area contributed by atoms with Gasteiger partial charge in [0.1, 0.15) is 10.8 Å². The largest absolute Gasteiger partial charge is 0.496 e. The van der Waals surface area contributed by atoms with E-state index in [1.165, 1.54) is 11.8 Å².